The molecule has 0 aliphatic carbocycles. The number of carbonyl (C=O) groups is 1. The van der Waals surface area contributed by atoms with Gasteiger partial charge >= 0.3 is 5.97 Å². The van der Waals surface area contributed by atoms with Gasteiger partial charge in [-0.2, -0.15) is 0 Å². The first kappa shape index (κ1) is 14.5. The van der Waals surface area contributed by atoms with Crippen molar-refractivity contribution in [2.75, 3.05) is 20.7 Å². The number of pyridine rings is 1. The van der Waals surface area contributed by atoms with Crippen molar-refractivity contribution >= 4 is 23.2 Å². The molecule has 5 nitrogen and oxygen atoms in total. The maximum absolute atomic E-state index is 11.2. The quantitative estimate of drug-likeness (QED) is 0.612. The van der Waals surface area contributed by atoms with Crippen LogP contribution in [0.5, 0.6) is 0 Å². The van der Waals surface area contributed by atoms with Crippen molar-refractivity contribution in [1.82, 2.24) is 9.88 Å². The first-order chi connectivity index (χ1) is 8.52. The fourth-order valence-electron chi connectivity index (χ4n) is 1.41. The number of thiocarbonyl (C=S) groups is 1. The number of ether oxygens (including phenoxy) is 1. The number of nitrogens with two attached hydrogens (primary N) is 1. The molecule has 2 N–H and O–H groups in total. The summed E-state index contributed by atoms with van der Waals surface area (Å²) < 4.78 is 4.60. The van der Waals surface area contributed by atoms with E-state index in [0.717, 1.165) is 12.2 Å². The zero-order valence-corrected chi connectivity index (χ0v) is 11.4. The molecule has 6 heteroatoms. The third-order valence-electron chi connectivity index (χ3n) is 2.42. The summed E-state index contributed by atoms with van der Waals surface area (Å²) in [5.74, 6) is -0.379. The van der Waals surface area contributed by atoms with Gasteiger partial charge in [-0.05, 0) is 19.2 Å². The van der Waals surface area contributed by atoms with E-state index in [1.807, 2.05) is 13.1 Å². The van der Waals surface area contributed by atoms with E-state index >= 15 is 0 Å². The second-order valence-electron chi connectivity index (χ2n) is 3.98. The number of hydrogen-bond donors (Lipinski definition) is 1. The van der Waals surface area contributed by atoms with E-state index in [9.17, 15) is 4.79 Å². The Kier molecular flexibility index (Phi) is 5.67. The third-order valence-corrected chi connectivity index (χ3v) is 2.62. The number of carbonyl (C=O) groups excluding carboxylic acids is 1. The second-order valence-corrected chi connectivity index (χ2v) is 4.51. The van der Waals surface area contributed by atoms with Gasteiger partial charge in [0.15, 0.2) is 0 Å². The van der Waals surface area contributed by atoms with Gasteiger partial charge < -0.3 is 15.4 Å². The Balaban J connectivity index is 2.53. The molecule has 0 aliphatic heterocycles. The predicted molar refractivity (Wildman–Crippen MR) is 73.3 cm³/mol. The van der Waals surface area contributed by atoms with E-state index < -0.39 is 0 Å². The summed E-state index contributed by atoms with van der Waals surface area (Å²) in [4.78, 5) is 18.0. The first-order valence-corrected chi connectivity index (χ1v) is 5.94. The van der Waals surface area contributed by atoms with Crippen LogP contribution in [0.1, 0.15) is 22.5 Å². The summed E-state index contributed by atoms with van der Waals surface area (Å²) in [6.07, 6.45) is 2.20. The molecule has 1 rings (SSSR count). The molecule has 0 saturated heterocycles. The minimum absolute atomic E-state index is 0.379. The van der Waals surface area contributed by atoms with E-state index in [4.69, 9.17) is 18.0 Å². The summed E-state index contributed by atoms with van der Waals surface area (Å²) in [6, 6.07) is 3.51. The average molecular weight is 267 g/mol. The molecule has 0 fully saturated rings. The van der Waals surface area contributed by atoms with Gasteiger partial charge in [0.25, 0.3) is 0 Å². The van der Waals surface area contributed by atoms with Gasteiger partial charge in [0.05, 0.1) is 23.4 Å². The van der Waals surface area contributed by atoms with Crippen molar-refractivity contribution in [2.24, 2.45) is 5.73 Å². The van der Waals surface area contributed by atoms with E-state index in [2.05, 4.69) is 14.6 Å². The molecule has 1 aromatic heterocycles. The summed E-state index contributed by atoms with van der Waals surface area (Å²) in [6.45, 7) is 1.47. The molecule has 98 valence electrons. The SMILES string of the molecule is COC(=O)c1ccc(CN(C)CCC(N)=S)nc1. The van der Waals surface area contributed by atoms with E-state index in [1.165, 1.54) is 13.3 Å². The monoisotopic (exact) mass is 267 g/mol. The van der Waals surface area contributed by atoms with Crippen LogP contribution >= 0.6 is 12.2 Å². The maximum atomic E-state index is 11.2. The zero-order chi connectivity index (χ0) is 13.5. The van der Waals surface area contributed by atoms with Crippen molar-refractivity contribution in [3.8, 4) is 0 Å². The molecule has 1 heterocycles. The maximum Gasteiger partial charge on any atom is 0.339 e. The molecular formula is C12H17N3O2S. The first-order valence-electron chi connectivity index (χ1n) is 5.53. The second kappa shape index (κ2) is 7.03. The molecule has 0 atom stereocenters. The average Bonchev–Trinajstić information content (AvgIpc) is 2.36. The van der Waals surface area contributed by atoms with Crippen LogP contribution in [0.25, 0.3) is 0 Å². The molecule has 1 aromatic rings. The molecule has 0 aliphatic rings. The Morgan fingerprint density at radius 2 is 2.28 bits per heavy atom. The Labute approximate surface area is 112 Å². The van der Waals surface area contributed by atoms with E-state index in [-0.39, 0.29) is 5.97 Å². The Morgan fingerprint density at radius 1 is 1.56 bits per heavy atom. The summed E-state index contributed by atoms with van der Waals surface area (Å²) in [5.41, 5.74) is 6.77. The summed E-state index contributed by atoms with van der Waals surface area (Å²) >= 11 is 4.82. The van der Waals surface area contributed by atoms with Crippen molar-refractivity contribution in [1.29, 1.82) is 0 Å². The van der Waals surface area contributed by atoms with Crippen molar-refractivity contribution in [2.45, 2.75) is 13.0 Å². The van der Waals surface area contributed by atoms with Crippen molar-refractivity contribution in [3.05, 3.63) is 29.6 Å². The fourth-order valence-corrected chi connectivity index (χ4v) is 1.50. The number of rotatable bonds is 6. The Bertz CT molecular complexity index is 420. The van der Waals surface area contributed by atoms with Crippen molar-refractivity contribution < 1.29 is 9.53 Å². The molecule has 0 radical (unpaired) electrons. The number of esters is 1. The van der Waals surface area contributed by atoms with Gasteiger partial charge in [-0.3, -0.25) is 4.98 Å². The van der Waals surface area contributed by atoms with Crippen LogP contribution in [-0.2, 0) is 11.3 Å². The number of hydrogen-bond acceptors (Lipinski definition) is 5. The highest BCUT2D eigenvalue weighted by Gasteiger charge is 2.06. The minimum atomic E-state index is -0.379. The highest BCUT2D eigenvalue weighted by atomic mass is 32.1. The van der Waals surface area contributed by atoms with Crippen molar-refractivity contribution in [3.63, 3.8) is 0 Å². The minimum Gasteiger partial charge on any atom is -0.465 e. The van der Waals surface area contributed by atoms with Crippen LogP contribution in [0.15, 0.2) is 18.3 Å². The van der Waals surface area contributed by atoms with Crippen LogP contribution in [0.3, 0.4) is 0 Å². The van der Waals surface area contributed by atoms with E-state index in [0.29, 0.717) is 23.5 Å². The van der Waals surface area contributed by atoms with Gasteiger partial charge in [-0.15, -0.1) is 0 Å². The van der Waals surface area contributed by atoms with Crippen LogP contribution in [-0.4, -0.2) is 41.5 Å². The van der Waals surface area contributed by atoms with Crippen LogP contribution in [0, 0.1) is 0 Å². The molecule has 0 amide bonds. The van der Waals surface area contributed by atoms with Gasteiger partial charge in [0.1, 0.15) is 0 Å². The lowest BCUT2D eigenvalue weighted by molar-refractivity contribution is 0.0600. The smallest absolute Gasteiger partial charge is 0.339 e. The lowest BCUT2D eigenvalue weighted by Gasteiger charge is -2.15. The largest absolute Gasteiger partial charge is 0.465 e. The van der Waals surface area contributed by atoms with Gasteiger partial charge in [-0.1, -0.05) is 12.2 Å². The molecule has 0 saturated carbocycles. The van der Waals surface area contributed by atoms with E-state index in [1.54, 1.807) is 6.07 Å². The van der Waals surface area contributed by atoms with Crippen LogP contribution < -0.4 is 5.73 Å². The fraction of sp³-hybridized carbons (Fsp3) is 0.417. The number of nitrogens with zero attached hydrogens (tertiary/aromatic N) is 2. The molecule has 0 unspecified atom stereocenters. The van der Waals surface area contributed by atoms with Crippen LogP contribution in [0.4, 0.5) is 0 Å². The topological polar surface area (TPSA) is 68.5 Å². The zero-order valence-electron chi connectivity index (χ0n) is 10.5. The van der Waals surface area contributed by atoms with Gasteiger partial charge in [0, 0.05) is 25.7 Å². The number of methoxy groups -OCH3 is 1. The van der Waals surface area contributed by atoms with Gasteiger partial charge in [0.2, 0.25) is 0 Å². The third kappa shape index (κ3) is 4.77. The highest BCUT2D eigenvalue weighted by Crippen LogP contribution is 2.04. The normalized spacial score (nSPS) is 10.4. The molecule has 0 bridgehead atoms. The number of aromatic nitrogens is 1. The summed E-state index contributed by atoms with van der Waals surface area (Å²) in [7, 11) is 3.31. The van der Waals surface area contributed by atoms with Gasteiger partial charge in [-0.25, -0.2) is 4.79 Å². The summed E-state index contributed by atoms with van der Waals surface area (Å²) in [5, 5.41) is 0. The molecule has 18 heavy (non-hydrogen) atoms. The lowest BCUT2D eigenvalue weighted by atomic mass is 10.2. The Morgan fingerprint density at radius 3 is 2.78 bits per heavy atom. The lowest BCUT2D eigenvalue weighted by Crippen LogP contribution is -2.23. The Hall–Kier alpha value is -1.53. The molecular weight excluding hydrogens is 250 g/mol. The standard InChI is InChI=1S/C12H17N3O2S/c1-15(6-5-11(13)18)8-10-4-3-9(7-14-10)12(16)17-2/h3-4,7H,5-6,8H2,1-2H3,(H2,13,18). The van der Waals surface area contributed by atoms with Crippen LogP contribution in [0.2, 0.25) is 0 Å². The predicted octanol–water partition coefficient (Wildman–Crippen LogP) is 0.976. The molecule has 0 spiro atoms. The molecule has 0 aromatic carbocycles. The highest BCUT2D eigenvalue weighted by molar-refractivity contribution is 7.80.